The zero-order chi connectivity index (χ0) is 43.3. The van der Waals surface area contributed by atoms with E-state index >= 15 is 0 Å². The zero-order valence-corrected chi connectivity index (χ0v) is 42.0. The Morgan fingerprint density at radius 1 is 0.300 bits per heavy atom. The summed E-state index contributed by atoms with van der Waals surface area (Å²) in [6.45, 7) is 10.6. The third-order valence-electron chi connectivity index (χ3n) is 13.2. The van der Waals surface area contributed by atoms with Gasteiger partial charge < -0.3 is 10.2 Å². The molecule has 0 fully saturated rings. The number of unbranched alkanes of at least 4 members (excludes halogenated alkanes) is 44. The summed E-state index contributed by atoms with van der Waals surface area (Å²) in [4.78, 5) is 18.9. The fraction of sp³-hybridized carbons (Fsp3) is 0.982. The van der Waals surface area contributed by atoms with Crippen molar-refractivity contribution in [1.82, 2.24) is 10.4 Å². The molecule has 0 spiro atoms. The molecule has 0 aliphatic heterocycles. The van der Waals surface area contributed by atoms with Gasteiger partial charge in [-0.3, -0.25) is 4.79 Å². The molecule has 0 saturated heterocycles. The van der Waals surface area contributed by atoms with E-state index in [1.54, 1.807) is 0 Å². The van der Waals surface area contributed by atoms with E-state index in [-0.39, 0.29) is 5.97 Å². The van der Waals surface area contributed by atoms with Crippen LogP contribution in [0.2, 0.25) is 0 Å². The van der Waals surface area contributed by atoms with Crippen LogP contribution in [0, 0.1) is 0 Å². The Bertz CT molecular complexity index is 774. The summed E-state index contributed by atoms with van der Waals surface area (Å²) in [6.07, 6.45) is 65.6. The molecule has 0 amide bonds. The van der Waals surface area contributed by atoms with E-state index in [0.29, 0.717) is 6.42 Å². The summed E-state index contributed by atoms with van der Waals surface area (Å²) in [6, 6.07) is 0. The van der Waals surface area contributed by atoms with Crippen LogP contribution in [0.3, 0.4) is 0 Å². The number of nitrogens with zero attached hydrogens (tertiary/aromatic N) is 1. The molecule has 0 bridgehead atoms. The highest BCUT2D eigenvalue weighted by atomic mass is 16.7. The fourth-order valence-corrected chi connectivity index (χ4v) is 9.00. The van der Waals surface area contributed by atoms with Gasteiger partial charge in [-0.1, -0.05) is 303 Å². The average Bonchev–Trinajstić information content (AvgIpc) is 3.25. The molecule has 0 heterocycles. The minimum atomic E-state index is -0.0148. The van der Waals surface area contributed by atoms with E-state index in [1.165, 1.54) is 283 Å². The standard InChI is InChI=1S/C56H114N2O2/c1-4-7-10-13-16-19-22-25-28-31-34-37-40-43-46-49-52-57-53-55-58(54-50-47-44-41-38-35-32-29-26-23-20-17-14-11-8-5-2)60-56(59)51-48-45-42-39-36-33-30-27-24-21-18-15-12-9-6-3/h57H,4-55H2,1-3H3. The first-order valence-electron chi connectivity index (χ1n) is 28.4. The average molecular weight is 848 g/mol. The molecule has 60 heavy (non-hydrogen) atoms. The first kappa shape index (κ1) is 59.4. The molecule has 0 aromatic carbocycles. The summed E-state index contributed by atoms with van der Waals surface area (Å²) < 4.78 is 0. The minimum absolute atomic E-state index is 0.0148. The Morgan fingerprint density at radius 2 is 0.550 bits per heavy atom. The van der Waals surface area contributed by atoms with Crippen LogP contribution in [0.1, 0.15) is 329 Å². The largest absolute Gasteiger partial charge is 0.368 e. The van der Waals surface area contributed by atoms with Crippen LogP contribution >= 0.6 is 0 Å². The van der Waals surface area contributed by atoms with Gasteiger partial charge in [-0.15, -0.1) is 5.06 Å². The second-order valence-corrected chi connectivity index (χ2v) is 19.4. The molecule has 0 aliphatic rings. The Hall–Kier alpha value is -0.610. The van der Waals surface area contributed by atoms with Gasteiger partial charge in [0.2, 0.25) is 0 Å². The van der Waals surface area contributed by atoms with E-state index in [0.717, 1.165) is 45.4 Å². The predicted octanol–water partition coefficient (Wildman–Crippen LogP) is 19.1. The maximum Gasteiger partial charge on any atom is 0.325 e. The summed E-state index contributed by atoms with van der Waals surface area (Å²) in [5.41, 5.74) is 0. The van der Waals surface area contributed by atoms with Gasteiger partial charge >= 0.3 is 5.97 Å². The van der Waals surface area contributed by atoms with Crippen molar-refractivity contribution in [3.8, 4) is 0 Å². The van der Waals surface area contributed by atoms with Crippen molar-refractivity contribution in [2.75, 3.05) is 26.2 Å². The highest BCUT2D eigenvalue weighted by molar-refractivity contribution is 5.68. The van der Waals surface area contributed by atoms with Gasteiger partial charge in [-0.25, -0.2) is 0 Å². The van der Waals surface area contributed by atoms with Crippen molar-refractivity contribution in [2.45, 2.75) is 329 Å². The highest BCUT2D eigenvalue weighted by Crippen LogP contribution is 2.17. The Balaban J connectivity index is 4.06. The van der Waals surface area contributed by atoms with Crippen LogP contribution in [0.15, 0.2) is 0 Å². The number of hydrogen-bond donors (Lipinski definition) is 1. The smallest absolute Gasteiger partial charge is 0.325 e. The van der Waals surface area contributed by atoms with E-state index in [9.17, 15) is 4.79 Å². The van der Waals surface area contributed by atoms with Crippen molar-refractivity contribution in [1.29, 1.82) is 0 Å². The predicted molar refractivity (Wildman–Crippen MR) is 269 cm³/mol. The van der Waals surface area contributed by atoms with Gasteiger partial charge in [-0.2, -0.15) is 0 Å². The van der Waals surface area contributed by atoms with Gasteiger partial charge in [0.05, 0.1) is 0 Å². The van der Waals surface area contributed by atoms with Gasteiger partial charge in [0, 0.05) is 26.1 Å². The van der Waals surface area contributed by atoms with Crippen LogP contribution in [-0.4, -0.2) is 37.2 Å². The van der Waals surface area contributed by atoms with Crippen molar-refractivity contribution >= 4 is 5.97 Å². The summed E-state index contributed by atoms with van der Waals surface area (Å²) in [7, 11) is 0. The Labute approximate surface area is 379 Å². The molecular weight excluding hydrogens is 733 g/mol. The molecule has 0 saturated carbocycles. The molecule has 0 aromatic rings. The Kier molecular flexibility index (Phi) is 54.0. The third kappa shape index (κ3) is 51.7. The lowest BCUT2D eigenvalue weighted by Gasteiger charge is -2.21. The number of carbonyl (C=O) groups is 1. The quantitative estimate of drug-likeness (QED) is 0.0489. The molecule has 0 aliphatic carbocycles. The first-order chi connectivity index (χ1) is 29.7. The van der Waals surface area contributed by atoms with E-state index in [4.69, 9.17) is 4.84 Å². The molecule has 0 rings (SSSR count). The normalized spacial score (nSPS) is 11.7. The second kappa shape index (κ2) is 54.5. The van der Waals surface area contributed by atoms with Crippen LogP contribution in [0.25, 0.3) is 0 Å². The summed E-state index contributed by atoms with van der Waals surface area (Å²) in [5, 5.41) is 5.66. The number of nitrogens with one attached hydrogen (secondary N) is 1. The molecule has 0 atom stereocenters. The number of rotatable bonds is 54. The topological polar surface area (TPSA) is 41.6 Å². The number of carbonyl (C=O) groups excluding carboxylic acids is 1. The van der Waals surface area contributed by atoms with Gasteiger partial charge in [-0.05, 0) is 25.8 Å². The van der Waals surface area contributed by atoms with Gasteiger partial charge in [0.25, 0.3) is 0 Å². The van der Waals surface area contributed by atoms with Gasteiger partial charge in [0.1, 0.15) is 0 Å². The summed E-state index contributed by atoms with van der Waals surface area (Å²) in [5.74, 6) is -0.0148. The summed E-state index contributed by atoms with van der Waals surface area (Å²) >= 11 is 0. The van der Waals surface area contributed by atoms with Crippen LogP contribution in [0.5, 0.6) is 0 Å². The molecule has 360 valence electrons. The van der Waals surface area contributed by atoms with E-state index < -0.39 is 0 Å². The number of hydroxylamine groups is 2. The minimum Gasteiger partial charge on any atom is -0.368 e. The van der Waals surface area contributed by atoms with E-state index in [1.807, 2.05) is 5.06 Å². The monoisotopic (exact) mass is 847 g/mol. The van der Waals surface area contributed by atoms with Crippen molar-refractivity contribution in [3.63, 3.8) is 0 Å². The third-order valence-corrected chi connectivity index (χ3v) is 13.2. The molecule has 4 heteroatoms. The SMILES string of the molecule is CCCCCCCCCCCCCCCCCCNCCN(CCCCCCCCCCCCCCCCCC)OC(=O)CCCCCCCCCCCCCCCCC. The molecule has 0 radical (unpaired) electrons. The van der Waals surface area contributed by atoms with Crippen molar-refractivity contribution < 1.29 is 9.63 Å². The zero-order valence-electron chi connectivity index (χ0n) is 42.0. The maximum atomic E-state index is 12.9. The fourth-order valence-electron chi connectivity index (χ4n) is 9.00. The van der Waals surface area contributed by atoms with E-state index in [2.05, 4.69) is 26.1 Å². The lowest BCUT2D eigenvalue weighted by Crippen LogP contribution is -2.35. The highest BCUT2D eigenvalue weighted by Gasteiger charge is 2.12. The molecule has 0 unspecified atom stereocenters. The maximum absolute atomic E-state index is 12.9. The molecule has 4 nitrogen and oxygen atoms in total. The molecule has 1 N–H and O–H groups in total. The Morgan fingerprint density at radius 3 is 0.850 bits per heavy atom. The van der Waals surface area contributed by atoms with Gasteiger partial charge in [0.15, 0.2) is 0 Å². The first-order valence-corrected chi connectivity index (χ1v) is 28.4. The lowest BCUT2D eigenvalue weighted by atomic mass is 10.0. The van der Waals surface area contributed by atoms with Crippen LogP contribution < -0.4 is 5.32 Å². The molecule has 0 aromatic heterocycles. The second-order valence-electron chi connectivity index (χ2n) is 19.4. The molecular formula is C56H114N2O2. The van der Waals surface area contributed by atoms with Crippen LogP contribution in [0.4, 0.5) is 0 Å². The van der Waals surface area contributed by atoms with Crippen molar-refractivity contribution in [2.24, 2.45) is 0 Å². The number of hydrogen-bond acceptors (Lipinski definition) is 4. The van der Waals surface area contributed by atoms with Crippen LogP contribution in [-0.2, 0) is 9.63 Å². The van der Waals surface area contributed by atoms with Crippen molar-refractivity contribution in [3.05, 3.63) is 0 Å². The lowest BCUT2D eigenvalue weighted by molar-refractivity contribution is -0.190.